The van der Waals surface area contributed by atoms with E-state index in [4.69, 9.17) is 5.84 Å². The van der Waals surface area contributed by atoms with Crippen molar-refractivity contribution >= 4 is 34.0 Å². The molecule has 3 aromatic rings. The van der Waals surface area contributed by atoms with Crippen LogP contribution in [0, 0.1) is 10.1 Å². The van der Waals surface area contributed by atoms with Crippen molar-refractivity contribution in [2.45, 2.75) is 9.92 Å². The number of hydrogen-bond donors (Lipinski definition) is 3. The Balaban J connectivity index is 1.96. The molecule has 21 heavy (non-hydrogen) atoms. The molecule has 3 rings (SSSR count). The fourth-order valence-corrected chi connectivity index (χ4v) is 3.03. The molecule has 4 N–H and O–H groups in total. The minimum absolute atomic E-state index is 0.00376. The Bertz CT molecular complexity index is 783. The van der Waals surface area contributed by atoms with Crippen LogP contribution >= 0.6 is 11.8 Å². The fourth-order valence-electron chi connectivity index (χ4n) is 2.06. The van der Waals surface area contributed by atoms with Crippen molar-refractivity contribution in [2.75, 3.05) is 5.43 Å². The normalized spacial score (nSPS) is 10.7. The summed E-state index contributed by atoms with van der Waals surface area (Å²) in [7, 11) is 0. The lowest BCUT2D eigenvalue weighted by Crippen LogP contribution is -2.07. The first-order valence-electron chi connectivity index (χ1n) is 6.17. The summed E-state index contributed by atoms with van der Waals surface area (Å²) in [5.41, 5.74) is 3.98. The number of fused-ring (bicyclic) bond motifs is 1. The zero-order valence-corrected chi connectivity index (χ0v) is 11.7. The van der Waals surface area contributed by atoms with E-state index < -0.39 is 4.92 Å². The Morgan fingerprint density at radius 2 is 2.00 bits per heavy atom. The molecule has 0 atom stereocenters. The molecule has 0 unspecified atom stereocenters. The maximum atomic E-state index is 10.9. The molecule has 1 heterocycles. The highest BCUT2D eigenvalue weighted by atomic mass is 32.2. The zero-order chi connectivity index (χ0) is 14.8. The first-order valence-corrected chi connectivity index (χ1v) is 6.99. The number of benzene rings is 2. The number of para-hydroxylation sites is 1. The molecule has 106 valence electrons. The van der Waals surface area contributed by atoms with Crippen LogP contribution in [0.4, 0.5) is 11.4 Å². The minimum Gasteiger partial charge on any atom is -0.349 e. The van der Waals surface area contributed by atoms with Crippen LogP contribution in [-0.4, -0.2) is 9.91 Å². The first kappa shape index (κ1) is 13.5. The van der Waals surface area contributed by atoms with Crippen molar-refractivity contribution in [1.29, 1.82) is 0 Å². The lowest BCUT2D eigenvalue weighted by atomic mass is 10.3. The Morgan fingerprint density at radius 1 is 1.19 bits per heavy atom. The summed E-state index contributed by atoms with van der Waals surface area (Å²) in [6.45, 7) is 0. The number of hydrazine groups is 1. The second-order valence-corrected chi connectivity index (χ2v) is 5.56. The molecule has 0 saturated carbocycles. The van der Waals surface area contributed by atoms with Gasteiger partial charge in [-0.25, -0.2) is 0 Å². The van der Waals surface area contributed by atoms with E-state index in [-0.39, 0.29) is 5.69 Å². The molecule has 0 radical (unpaired) electrons. The van der Waals surface area contributed by atoms with E-state index in [1.807, 2.05) is 30.3 Å². The Hall–Kier alpha value is -2.51. The number of nitrogens with two attached hydrogens (primary N) is 1. The summed E-state index contributed by atoms with van der Waals surface area (Å²) in [4.78, 5) is 14.5. The van der Waals surface area contributed by atoms with E-state index >= 15 is 0 Å². The predicted octanol–water partition coefficient (Wildman–Crippen LogP) is 3.51. The van der Waals surface area contributed by atoms with E-state index in [2.05, 4.69) is 10.4 Å². The second kappa shape index (κ2) is 5.47. The molecule has 6 nitrogen and oxygen atoms in total. The van der Waals surface area contributed by atoms with Gasteiger partial charge in [-0.3, -0.25) is 16.0 Å². The van der Waals surface area contributed by atoms with Gasteiger partial charge in [-0.1, -0.05) is 30.0 Å². The predicted molar refractivity (Wildman–Crippen MR) is 83.3 cm³/mol. The lowest BCUT2D eigenvalue weighted by Gasteiger charge is -2.04. The number of nitrogens with one attached hydrogen (secondary N) is 2. The third-order valence-electron chi connectivity index (χ3n) is 3.00. The molecule has 0 aliphatic carbocycles. The molecule has 7 heteroatoms. The summed E-state index contributed by atoms with van der Waals surface area (Å²) >= 11 is 1.42. The molecule has 0 aliphatic rings. The van der Waals surface area contributed by atoms with Crippen LogP contribution in [-0.2, 0) is 0 Å². The van der Waals surface area contributed by atoms with Crippen LogP contribution in [0.15, 0.2) is 58.5 Å². The van der Waals surface area contributed by atoms with Gasteiger partial charge in [0.25, 0.3) is 5.69 Å². The van der Waals surface area contributed by atoms with Gasteiger partial charge in [-0.15, -0.1) is 0 Å². The van der Waals surface area contributed by atoms with Crippen molar-refractivity contribution in [3.63, 3.8) is 0 Å². The summed E-state index contributed by atoms with van der Waals surface area (Å²) < 4.78 is 0. The smallest absolute Gasteiger partial charge is 0.272 e. The highest BCUT2D eigenvalue weighted by Gasteiger charge is 2.11. The standard InChI is InChI=1S/C14H12N4O2S/c15-17-10-6-11(18(19)20)8-12(7-10)21-14-5-9-3-1-2-4-13(9)16-14/h1-8,16-17H,15H2. The van der Waals surface area contributed by atoms with E-state index in [9.17, 15) is 10.1 Å². The van der Waals surface area contributed by atoms with Gasteiger partial charge in [-0.05, 0) is 18.2 Å². The zero-order valence-electron chi connectivity index (χ0n) is 10.9. The molecule has 0 saturated heterocycles. The van der Waals surface area contributed by atoms with E-state index in [0.29, 0.717) is 5.69 Å². The summed E-state index contributed by atoms with van der Waals surface area (Å²) in [6, 6.07) is 14.6. The molecule has 2 aromatic carbocycles. The van der Waals surface area contributed by atoms with Gasteiger partial charge < -0.3 is 10.4 Å². The van der Waals surface area contributed by atoms with Crippen molar-refractivity contribution in [1.82, 2.24) is 4.98 Å². The van der Waals surface area contributed by atoms with Crippen LogP contribution in [0.1, 0.15) is 0 Å². The van der Waals surface area contributed by atoms with Gasteiger partial charge >= 0.3 is 0 Å². The van der Waals surface area contributed by atoms with Gasteiger partial charge in [0.2, 0.25) is 0 Å². The summed E-state index contributed by atoms with van der Waals surface area (Å²) in [6.07, 6.45) is 0. The Morgan fingerprint density at radius 3 is 2.71 bits per heavy atom. The molecular formula is C14H12N4O2S. The van der Waals surface area contributed by atoms with Gasteiger partial charge in [0.05, 0.1) is 15.6 Å². The van der Waals surface area contributed by atoms with Gasteiger partial charge in [0.1, 0.15) is 0 Å². The summed E-state index contributed by atoms with van der Waals surface area (Å²) in [5.74, 6) is 5.35. The van der Waals surface area contributed by atoms with Crippen LogP contribution in [0.25, 0.3) is 10.9 Å². The lowest BCUT2D eigenvalue weighted by molar-refractivity contribution is -0.385. The van der Waals surface area contributed by atoms with E-state index in [1.54, 1.807) is 6.07 Å². The maximum Gasteiger partial charge on any atom is 0.272 e. The highest BCUT2D eigenvalue weighted by molar-refractivity contribution is 7.99. The number of aromatic amines is 1. The number of nitro benzene ring substituents is 1. The number of rotatable bonds is 4. The molecular weight excluding hydrogens is 288 g/mol. The SMILES string of the molecule is NNc1cc(Sc2cc3ccccc3[nH]2)cc([N+](=O)[O-])c1. The van der Waals surface area contributed by atoms with E-state index in [0.717, 1.165) is 20.8 Å². The fraction of sp³-hybridized carbons (Fsp3) is 0. The number of anilines is 1. The number of nitrogens with zero attached hydrogens (tertiary/aromatic N) is 1. The molecule has 0 fully saturated rings. The van der Waals surface area contributed by atoms with Crippen LogP contribution < -0.4 is 11.3 Å². The number of nitro groups is 1. The average molecular weight is 300 g/mol. The Kier molecular flexibility index (Phi) is 3.51. The third kappa shape index (κ3) is 2.83. The third-order valence-corrected chi connectivity index (χ3v) is 3.91. The van der Waals surface area contributed by atoms with Crippen molar-refractivity contribution < 1.29 is 4.92 Å². The number of non-ortho nitro benzene ring substituents is 1. The Labute approximate surface area is 124 Å². The first-order chi connectivity index (χ1) is 10.2. The van der Waals surface area contributed by atoms with Gasteiger partial charge in [0.15, 0.2) is 0 Å². The van der Waals surface area contributed by atoms with Gasteiger partial charge in [-0.2, -0.15) is 0 Å². The number of nitrogen functional groups attached to an aromatic ring is 1. The van der Waals surface area contributed by atoms with Crippen LogP contribution in [0.5, 0.6) is 0 Å². The monoisotopic (exact) mass is 300 g/mol. The minimum atomic E-state index is -0.434. The number of hydrogen-bond acceptors (Lipinski definition) is 5. The van der Waals surface area contributed by atoms with Crippen LogP contribution in [0.2, 0.25) is 0 Å². The van der Waals surface area contributed by atoms with Crippen molar-refractivity contribution in [3.05, 3.63) is 58.6 Å². The molecule has 0 aliphatic heterocycles. The topological polar surface area (TPSA) is 97.0 Å². The maximum absolute atomic E-state index is 10.9. The molecule has 0 bridgehead atoms. The number of aromatic nitrogens is 1. The van der Waals surface area contributed by atoms with Crippen LogP contribution in [0.3, 0.4) is 0 Å². The quantitative estimate of drug-likeness (QED) is 0.389. The van der Waals surface area contributed by atoms with E-state index in [1.165, 1.54) is 23.9 Å². The molecule has 1 aromatic heterocycles. The summed E-state index contributed by atoms with van der Waals surface area (Å²) in [5, 5.41) is 13.0. The highest BCUT2D eigenvalue weighted by Crippen LogP contribution is 2.33. The average Bonchev–Trinajstić information content (AvgIpc) is 2.88. The van der Waals surface area contributed by atoms with Crippen molar-refractivity contribution in [3.8, 4) is 0 Å². The molecule has 0 amide bonds. The molecule has 0 spiro atoms. The second-order valence-electron chi connectivity index (χ2n) is 4.44. The largest absolute Gasteiger partial charge is 0.349 e. The van der Waals surface area contributed by atoms with Gasteiger partial charge in [0, 0.05) is 27.9 Å². The van der Waals surface area contributed by atoms with Crippen molar-refractivity contribution in [2.24, 2.45) is 5.84 Å². The number of H-pyrrole nitrogens is 1.